The Morgan fingerprint density at radius 2 is 1.90 bits per heavy atom. The van der Waals surface area contributed by atoms with Crippen LogP contribution in [0.3, 0.4) is 0 Å². The van der Waals surface area contributed by atoms with E-state index in [1.165, 1.54) is 5.01 Å². The number of carboxylic acids is 1. The molecule has 0 aromatic heterocycles. The monoisotopic (exact) mass is 422 g/mol. The zero-order chi connectivity index (χ0) is 21.2. The molecule has 29 heavy (non-hydrogen) atoms. The first kappa shape index (κ1) is 21.2. The number of aliphatic carboxylic acids is 1. The van der Waals surface area contributed by atoms with Crippen molar-refractivity contribution in [2.45, 2.75) is 38.1 Å². The number of carboxylic acid groups (broad SMARTS) is 1. The number of nitrogens with zero attached hydrogens (tertiary/aromatic N) is 2. The Hall–Kier alpha value is -2.48. The molecule has 1 atom stereocenters. The van der Waals surface area contributed by atoms with Gasteiger partial charge in [0, 0.05) is 25.1 Å². The number of hydrogen-bond donors (Lipinski definition) is 4. The van der Waals surface area contributed by atoms with Crippen molar-refractivity contribution in [3.63, 3.8) is 0 Å². The Bertz CT molecular complexity index is 839. The third-order valence-corrected chi connectivity index (χ3v) is 6.75. The molecule has 2 heterocycles. The van der Waals surface area contributed by atoms with Gasteiger partial charge in [0.2, 0.25) is 5.91 Å². The minimum absolute atomic E-state index is 0.0123. The molecule has 0 aliphatic carbocycles. The van der Waals surface area contributed by atoms with Crippen LogP contribution >= 0.6 is 7.72 Å². The highest BCUT2D eigenvalue weighted by molar-refractivity contribution is 7.67. The number of fused-ring (bicyclic) bond motifs is 1. The van der Waals surface area contributed by atoms with Crippen molar-refractivity contribution in [3.05, 3.63) is 41.2 Å². The van der Waals surface area contributed by atoms with Gasteiger partial charge in [-0.1, -0.05) is 12.1 Å². The van der Waals surface area contributed by atoms with Gasteiger partial charge in [0.1, 0.15) is 12.0 Å². The van der Waals surface area contributed by atoms with Crippen molar-refractivity contribution in [1.82, 2.24) is 10.0 Å². The number of carbonyl (C=O) groups excluding carboxylic acids is 2. The third kappa shape index (κ3) is 4.93. The Morgan fingerprint density at radius 1 is 1.21 bits per heavy atom. The van der Waals surface area contributed by atoms with E-state index in [0.29, 0.717) is 18.5 Å². The van der Waals surface area contributed by atoms with Crippen LogP contribution < -0.4 is 5.73 Å². The molecule has 2 saturated heterocycles. The average Bonchev–Trinajstić information content (AvgIpc) is 2.79. The molecule has 0 radical (unpaired) electrons. The highest BCUT2D eigenvalue weighted by atomic mass is 31.2. The molecule has 0 saturated carbocycles. The van der Waals surface area contributed by atoms with E-state index in [2.05, 4.69) is 0 Å². The van der Waals surface area contributed by atoms with Gasteiger partial charge in [-0.05, 0) is 37.0 Å². The molecule has 5 N–H and O–H groups in total. The van der Waals surface area contributed by atoms with Crippen molar-refractivity contribution >= 4 is 31.2 Å². The van der Waals surface area contributed by atoms with Gasteiger partial charge in [-0.3, -0.25) is 14.6 Å². The molecular formula is C19H25N3O6P+. The molecule has 3 rings (SSSR count). The smallest absolute Gasteiger partial charge is 0.328 e. The van der Waals surface area contributed by atoms with E-state index in [0.717, 1.165) is 16.4 Å². The standard InChI is InChI=1S/C19H24N3O6P/c20-15-6-3-13(4-7-15)9-11-29(27,28)12-14-5-8-17(23)21-10-1-2-16(19(25)26)22(21)18(14)24/h3-4,6-7,12,16,27-28H,1-2,5,8-11,20H2/p+1/t16-/m0/s1. The number of carbonyl (C=O) groups is 3. The maximum absolute atomic E-state index is 13.0. The van der Waals surface area contributed by atoms with Crippen molar-refractivity contribution in [2.24, 2.45) is 0 Å². The van der Waals surface area contributed by atoms with Crippen LogP contribution in [0.1, 0.15) is 31.2 Å². The predicted molar refractivity (Wildman–Crippen MR) is 107 cm³/mol. The second-order valence-corrected chi connectivity index (χ2v) is 9.60. The fourth-order valence-corrected chi connectivity index (χ4v) is 5.05. The summed E-state index contributed by atoms with van der Waals surface area (Å²) in [6.45, 7) is 0.275. The molecule has 0 unspecified atom stereocenters. The number of anilines is 1. The zero-order valence-corrected chi connectivity index (χ0v) is 16.8. The summed E-state index contributed by atoms with van der Waals surface area (Å²) >= 11 is 0. The van der Waals surface area contributed by atoms with Crippen molar-refractivity contribution in [2.75, 3.05) is 18.4 Å². The summed E-state index contributed by atoms with van der Waals surface area (Å²) in [5, 5.41) is 11.6. The number of nitrogens with two attached hydrogens (primary N) is 1. The Labute approximate surface area is 168 Å². The first-order valence-corrected chi connectivity index (χ1v) is 11.4. The maximum Gasteiger partial charge on any atom is 0.328 e. The first-order valence-electron chi connectivity index (χ1n) is 9.44. The average molecular weight is 422 g/mol. The van der Waals surface area contributed by atoms with Gasteiger partial charge in [-0.15, -0.1) is 0 Å². The third-order valence-electron chi connectivity index (χ3n) is 5.14. The van der Waals surface area contributed by atoms with Crippen LogP contribution in [-0.4, -0.2) is 61.4 Å². The Kier molecular flexibility index (Phi) is 6.21. The number of hydrogen-bond acceptors (Lipinski definition) is 6. The van der Waals surface area contributed by atoms with E-state index in [1.807, 2.05) is 0 Å². The van der Waals surface area contributed by atoms with Gasteiger partial charge in [-0.2, -0.15) is 0 Å². The van der Waals surface area contributed by atoms with Crippen LogP contribution in [-0.2, 0) is 20.8 Å². The molecule has 10 heteroatoms. The highest BCUT2D eigenvalue weighted by Crippen LogP contribution is 2.53. The van der Waals surface area contributed by atoms with Crippen LogP contribution in [0.2, 0.25) is 0 Å². The number of nitrogen functional groups attached to an aromatic ring is 1. The summed E-state index contributed by atoms with van der Waals surface area (Å²) in [7, 11) is -3.57. The summed E-state index contributed by atoms with van der Waals surface area (Å²) < 4.78 is 0. The lowest BCUT2D eigenvalue weighted by atomic mass is 10.1. The molecule has 2 amide bonds. The Balaban J connectivity index is 1.81. The summed E-state index contributed by atoms with van der Waals surface area (Å²) in [5.74, 6) is -1.02. The van der Waals surface area contributed by atoms with Gasteiger partial charge in [0.15, 0.2) is 6.04 Å². The SMILES string of the molecule is Nc1ccc(CC[P+](O)(O)C=C2CCC(=O)N3CCC[C@@H](C(=O)O)N3C2=O)cc1. The molecule has 2 fully saturated rings. The van der Waals surface area contributed by atoms with Gasteiger partial charge >= 0.3 is 5.97 Å². The molecule has 1 aromatic rings. The van der Waals surface area contributed by atoms with Crippen LogP contribution in [0.25, 0.3) is 0 Å². The van der Waals surface area contributed by atoms with Gasteiger partial charge in [0.05, 0.1) is 5.57 Å². The number of rotatable bonds is 5. The van der Waals surface area contributed by atoms with Crippen LogP contribution in [0, 0.1) is 0 Å². The molecule has 156 valence electrons. The van der Waals surface area contributed by atoms with Gasteiger partial charge in [0.25, 0.3) is 13.6 Å². The molecule has 2 aliphatic heterocycles. The van der Waals surface area contributed by atoms with Crippen molar-refractivity contribution < 1.29 is 29.3 Å². The highest BCUT2D eigenvalue weighted by Gasteiger charge is 2.44. The summed E-state index contributed by atoms with van der Waals surface area (Å²) in [6, 6.07) is 5.89. The van der Waals surface area contributed by atoms with E-state index in [-0.39, 0.29) is 43.4 Å². The van der Waals surface area contributed by atoms with Crippen molar-refractivity contribution in [3.8, 4) is 0 Å². The van der Waals surface area contributed by atoms with Crippen LogP contribution in [0.15, 0.2) is 35.7 Å². The molecule has 0 bridgehead atoms. The van der Waals surface area contributed by atoms with Crippen molar-refractivity contribution in [1.29, 1.82) is 0 Å². The van der Waals surface area contributed by atoms with Gasteiger partial charge in [-0.25, -0.2) is 19.6 Å². The Morgan fingerprint density at radius 3 is 2.55 bits per heavy atom. The topological polar surface area (TPSA) is 144 Å². The summed E-state index contributed by atoms with van der Waals surface area (Å²) in [6.07, 6.45) is 1.21. The van der Waals surface area contributed by atoms with E-state index in [4.69, 9.17) is 5.73 Å². The van der Waals surface area contributed by atoms with Gasteiger partial charge < -0.3 is 10.8 Å². The fraction of sp³-hybridized carbons (Fsp3) is 0.421. The zero-order valence-electron chi connectivity index (χ0n) is 15.9. The fourth-order valence-electron chi connectivity index (χ4n) is 3.59. The minimum Gasteiger partial charge on any atom is -0.480 e. The quantitative estimate of drug-likeness (QED) is 0.316. The lowest BCUT2D eigenvalue weighted by Gasteiger charge is -2.41. The minimum atomic E-state index is -3.57. The predicted octanol–water partition coefficient (Wildman–Crippen LogP) is 1.14. The largest absolute Gasteiger partial charge is 0.480 e. The summed E-state index contributed by atoms with van der Waals surface area (Å²) in [4.78, 5) is 58.0. The summed E-state index contributed by atoms with van der Waals surface area (Å²) in [5.41, 5.74) is 7.20. The molecule has 2 aliphatic rings. The first-order chi connectivity index (χ1) is 13.7. The molecule has 1 aromatic carbocycles. The molecule has 9 nitrogen and oxygen atoms in total. The second-order valence-electron chi connectivity index (χ2n) is 7.32. The lowest BCUT2D eigenvalue weighted by molar-refractivity contribution is -0.178. The number of amides is 2. The normalized spacial score (nSPS) is 21.9. The maximum atomic E-state index is 13.0. The van der Waals surface area contributed by atoms with Crippen LogP contribution in [0.4, 0.5) is 5.69 Å². The van der Waals surface area contributed by atoms with E-state index in [9.17, 15) is 29.3 Å². The van der Waals surface area contributed by atoms with E-state index in [1.54, 1.807) is 24.3 Å². The number of benzene rings is 1. The lowest BCUT2D eigenvalue weighted by Crippen LogP contribution is -2.59. The number of aryl methyl sites for hydroxylation is 1. The second kappa shape index (κ2) is 8.49. The molecular weight excluding hydrogens is 397 g/mol. The van der Waals surface area contributed by atoms with E-state index >= 15 is 0 Å². The number of hydrazine groups is 1. The van der Waals surface area contributed by atoms with E-state index < -0.39 is 25.6 Å². The van der Waals surface area contributed by atoms with Crippen LogP contribution in [0.5, 0.6) is 0 Å². The molecule has 0 spiro atoms.